The number of hydrogen-bond acceptors (Lipinski definition) is 8. The smallest absolute Gasteiger partial charge is 0.248 e. The molecule has 1 amide bonds. The van der Waals surface area contributed by atoms with E-state index in [-0.39, 0.29) is 23.5 Å². The first-order chi connectivity index (χ1) is 19.8. The van der Waals surface area contributed by atoms with E-state index >= 15 is 0 Å². The van der Waals surface area contributed by atoms with Gasteiger partial charge in [0, 0.05) is 40.9 Å². The molecule has 0 radical (unpaired) electrons. The van der Waals surface area contributed by atoms with Crippen LogP contribution in [0.5, 0.6) is 5.75 Å². The van der Waals surface area contributed by atoms with Crippen LogP contribution in [0.2, 0.25) is 0 Å². The molecular weight excluding hydrogens is 540 g/mol. The summed E-state index contributed by atoms with van der Waals surface area (Å²) in [6, 6.07) is 8.39. The van der Waals surface area contributed by atoms with E-state index in [2.05, 4.69) is 20.3 Å². The van der Waals surface area contributed by atoms with E-state index in [9.17, 15) is 13.2 Å². The maximum absolute atomic E-state index is 13.9. The molecule has 3 aromatic heterocycles. The Balaban J connectivity index is 1.19. The fraction of sp³-hybridized carbons (Fsp3) is 0.467. The van der Waals surface area contributed by atoms with Gasteiger partial charge in [0.2, 0.25) is 11.3 Å². The Hall–Kier alpha value is -3.57. The summed E-state index contributed by atoms with van der Waals surface area (Å²) < 4.78 is 34.0. The lowest BCUT2D eigenvalue weighted by atomic mass is 9.80. The summed E-state index contributed by atoms with van der Waals surface area (Å²) in [6.07, 6.45) is 8.71. The van der Waals surface area contributed by atoms with Crippen molar-refractivity contribution in [2.75, 3.05) is 18.8 Å². The van der Waals surface area contributed by atoms with Crippen molar-refractivity contribution in [3.8, 4) is 5.75 Å². The SMILES string of the molecule is Cc1nc(C2CCC(CS(=O)(=O)C(Oc3ccc(C(N)=O)cc3)C3CCCNC3)CC2)c2c(cnc3[nH]ccc32)n1. The van der Waals surface area contributed by atoms with Crippen molar-refractivity contribution in [3.63, 3.8) is 0 Å². The summed E-state index contributed by atoms with van der Waals surface area (Å²) in [6.45, 7) is 3.38. The van der Waals surface area contributed by atoms with Crippen LogP contribution >= 0.6 is 0 Å². The molecule has 1 saturated carbocycles. The van der Waals surface area contributed by atoms with Crippen LogP contribution in [0.4, 0.5) is 0 Å². The van der Waals surface area contributed by atoms with Gasteiger partial charge in [0.05, 0.1) is 23.2 Å². The first-order valence-corrected chi connectivity index (χ1v) is 16.1. The zero-order chi connectivity index (χ0) is 28.6. The number of aromatic nitrogens is 4. The highest BCUT2D eigenvalue weighted by molar-refractivity contribution is 7.91. The van der Waals surface area contributed by atoms with E-state index in [1.54, 1.807) is 30.5 Å². The van der Waals surface area contributed by atoms with Gasteiger partial charge in [0.15, 0.2) is 9.84 Å². The quantitative estimate of drug-likeness (QED) is 0.284. The van der Waals surface area contributed by atoms with E-state index in [0.29, 0.717) is 17.9 Å². The molecule has 4 heterocycles. The molecular formula is C30H36N6O4S. The fourth-order valence-corrected chi connectivity index (χ4v) is 8.76. The van der Waals surface area contributed by atoms with Crippen LogP contribution in [0.3, 0.4) is 0 Å². The molecule has 1 aliphatic heterocycles. The third-order valence-corrected chi connectivity index (χ3v) is 10.7. The lowest BCUT2D eigenvalue weighted by Gasteiger charge is -2.33. The van der Waals surface area contributed by atoms with E-state index in [1.807, 2.05) is 19.2 Å². The number of ether oxygens (including phenoxy) is 1. The molecule has 2 atom stereocenters. The minimum atomic E-state index is -3.58. The zero-order valence-electron chi connectivity index (χ0n) is 23.2. The van der Waals surface area contributed by atoms with Gasteiger partial charge < -0.3 is 20.8 Å². The second-order valence-electron chi connectivity index (χ2n) is 11.4. The molecule has 216 valence electrons. The van der Waals surface area contributed by atoms with E-state index in [4.69, 9.17) is 15.5 Å². The van der Waals surface area contributed by atoms with Crippen molar-refractivity contribution < 1.29 is 17.9 Å². The molecule has 6 rings (SSSR count). The van der Waals surface area contributed by atoms with Gasteiger partial charge in [0.25, 0.3) is 0 Å². The number of nitrogens with two attached hydrogens (primary N) is 1. The zero-order valence-corrected chi connectivity index (χ0v) is 24.0. The molecule has 11 heteroatoms. The number of hydrogen-bond donors (Lipinski definition) is 3. The van der Waals surface area contributed by atoms with Crippen LogP contribution < -0.4 is 15.8 Å². The summed E-state index contributed by atoms with van der Waals surface area (Å²) in [4.78, 5) is 28.7. The average Bonchev–Trinajstić information content (AvgIpc) is 3.45. The normalized spacial score (nSPS) is 22.5. The molecule has 1 aliphatic carbocycles. The number of benzene rings is 1. The third kappa shape index (κ3) is 5.78. The molecule has 2 unspecified atom stereocenters. The van der Waals surface area contributed by atoms with Crippen LogP contribution in [0.25, 0.3) is 21.9 Å². The number of rotatable bonds is 8. The Morgan fingerprint density at radius 3 is 2.59 bits per heavy atom. The number of sulfone groups is 1. The molecule has 2 aliphatic rings. The molecule has 1 aromatic carbocycles. The number of aromatic amines is 1. The summed E-state index contributed by atoms with van der Waals surface area (Å²) >= 11 is 0. The summed E-state index contributed by atoms with van der Waals surface area (Å²) in [5.41, 5.74) is 7.46. The van der Waals surface area contributed by atoms with E-state index < -0.39 is 21.2 Å². The van der Waals surface area contributed by atoms with Gasteiger partial charge in [-0.05, 0) is 88.2 Å². The molecule has 0 spiro atoms. The van der Waals surface area contributed by atoms with Crippen molar-refractivity contribution in [2.24, 2.45) is 17.6 Å². The van der Waals surface area contributed by atoms with Gasteiger partial charge in [0.1, 0.15) is 17.2 Å². The van der Waals surface area contributed by atoms with Crippen LogP contribution in [0.15, 0.2) is 42.7 Å². The molecule has 1 saturated heterocycles. The van der Waals surface area contributed by atoms with Gasteiger partial charge in [-0.1, -0.05) is 0 Å². The number of piperidine rings is 1. The van der Waals surface area contributed by atoms with Gasteiger partial charge >= 0.3 is 0 Å². The third-order valence-electron chi connectivity index (χ3n) is 8.55. The number of fused-ring (bicyclic) bond motifs is 3. The lowest BCUT2D eigenvalue weighted by molar-refractivity contribution is 0.1000. The van der Waals surface area contributed by atoms with E-state index in [1.165, 1.54) is 0 Å². The summed E-state index contributed by atoms with van der Waals surface area (Å²) in [5, 5.41) is 5.39. The Labute approximate surface area is 239 Å². The summed E-state index contributed by atoms with van der Waals surface area (Å²) in [7, 11) is -3.58. The van der Waals surface area contributed by atoms with E-state index in [0.717, 1.165) is 78.5 Å². The van der Waals surface area contributed by atoms with Crippen molar-refractivity contribution in [1.82, 2.24) is 25.3 Å². The monoisotopic (exact) mass is 576 g/mol. The first kappa shape index (κ1) is 27.6. The van der Waals surface area contributed by atoms with Crippen LogP contribution in [-0.2, 0) is 9.84 Å². The number of primary amides is 1. The molecule has 4 N–H and O–H groups in total. The standard InChI is InChI=1S/C30H36N6O4S/c1-18-35-25-16-34-29-24(12-14-33-29)26(25)27(36-18)20-6-4-19(5-7-20)17-41(38,39)30(22-3-2-13-32-15-22)40-23-10-8-21(9-11-23)28(31)37/h8-12,14,16,19-20,22,30,32H,2-7,13,15,17H2,1H3,(H2,31,37)(H,33,34). The number of nitrogens with one attached hydrogen (secondary N) is 2. The Morgan fingerprint density at radius 2 is 1.88 bits per heavy atom. The van der Waals surface area contributed by atoms with Gasteiger partial charge in [-0.3, -0.25) is 4.79 Å². The van der Waals surface area contributed by atoms with Crippen molar-refractivity contribution in [2.45, 2.75) is 56.8 Å². The highest BCUT2D eigenvalue weighted by Crippen LogP contribution is 2.40. The van der Waals surface area contributed by atoms with Crippen molar-refractivity contribution in [1.29, 1.82) is 0 Å². The number of nitrogens with zero attached hydrogens (tertiary/aromatic N) is 3. The van der Waals surface area contributed by atoms with Crippen LogP contribution in [0.1, 0.15) is 66.3 Å². The molecule has 10 nitrogen and oxygen atoms in total. The molecule has 2 fully saturated rings. The van der Waals surface area contributed by atoms with Crippen molar-refractivity contribution >= 4 is 37.7 Å². The lowest BCUT2D eigenvalue weighted by Crippen LogP contribution is -2.45. The number of carbonyl (C=O) groups excluding carboxylic acids is 1. The Bertz CT molecular complexity index is 1660. The molecule has 4 aromatic rings. The minimum absolute atomic E-state index is 0.0549. The molecule has 0 bridgehead atoms. The second-order valence-corrected chi connectivity index (χ2v) is 13.6. The maximum atomic E-state index is 13.9. The topological polar surface area (TPSA) is 153 Å². The largest absolute Gasteiger partial charge is 0.474 e. The Kier molecular flexibility index (Phi) is 7.65. The predicted molar refractivity (Wildman–Crippen MR) is 157 cm³/mol. The predicted octanol–water partition coefficient (Wildman–Crippen LogP) is 4.01. The molecule has 41 heavy (non-hydrogen) atoms. The average molecular weight is 577 g/mol. The minimum Gasteiger partial charge on any atom is -0.474 e. The highest BCUT2D eigenvalue weighted by atomic mass is 32.2. The van der Waals surface area contributed by atoms with Gasteiger partial charge in [-0.15, -0.1) is 0 Å². The number of pyridine rings is 1. The van der Waals surface area contributed by atoms with Gasteiger partial charge in [-0.25, -0.2) is 23.4 Å². The number of carbonyl (C=O) groups is 1. The highest BCUT2D eigenvalue weighted by Gasteiger charge is 2.39. The number of aryl methyl sites for hydroxylation is 1. The summed E-state index contributed by atoms with van der Waals surface area (Å²) in [5.74, 6) is 0.848. The first-order valence-electron chi connectivity index (χ1n) is 14.4. The Morgan fingerprint density at radius 1 is 1.10 bits per heavy atom. The number of H-pyrrole nitrogens is 1. The van der Waals surface area contributed by atoms with Crippen LogP contribution in [-0.4, -0.2) is 58.5 Å². The fourth-order valence-electron chi connectivity index (χ4n) is 6.51. The number of amides is 1. The van der Waals surface area contributed by atoms with Gasteiger partial charge in [-0.2, -0.15) is 0 Å². The second kappa shape index (κ2) is 11.4. The van der Waals surface area contributed by atoms with Crippen LogP contribution in [0, 0.1) is 18.8 Å². The van der Waals surface area contributed by atoms with Crippen molar-refractivity contribution in [3.05, 3.63) is 59.8 Å². The maximum Gasteiger partial charge on any atom is 0.248 e.